The maximum absolute atomic E-state index is 14.4. The number of phenols is 1. The van der Waals surface area contributed by atoms with Crippen molar-refractivity contribution in [2.45, 2.75) is 6.92 Å². The lowest BCUT2D eigenvalue weighted by molar-refractivity contribution is -0.114. The molecule has 1 heterocycles. The molecule has 5 nitrogen and oxygen atoms in total. The summed E-state index contributed by atoms with van der Waals surface area (Å²) < 4.78 is 14.4. The standard InChI is InChI=1S/C23H18FN3O2/c1-14(28)27-22-9-8-17(11-21(22)24)20-7-3-6-19(23(20)29)16-5-2-4-15(10-16)18-12-25-26-13-18/h2-13,29H,1H3,(H,25,26)(H,27,28). The largest absolute Gasteiger partial charge is 0.507 e. The van der Waals surface area contributed by atoms with Crippen LogP contribution >= 0.6 is 0 Å². The highest BCUT2D eigenvalue weighted by molar-refractivity contribution is 5.90. The highest BCUT2D eigenvalue weighted by Crippen LogP contribution is 2.39. The van der Waals surface area contributed by atoms with Gasteiger partial charge in [0.1, 0.15) is 11.6 Å². The fourth-order valence-electron chi connectivity index (χ4n) is 3.26. The van der Waals surface area contributed by atoms with E-state index in [2.05, 4.69) is 15.5 Å². The van der Waals surface area contributed by atoms with Crippen LogP contribution in [0.1, 0.15) is 6.92 Å². The van der Waals surface area contributed by atoms with Crippen LogP contribution in [-0.4, -0.2) is 21.2 Å². The van der Waals surface area contributed by atoms with Gasteiger partial charge < -0.3 is 10.4 Å². The van der Waals surface area contributed by atoms with E-state index in [0.29, 0.717) is 16.7 Å². The third kappa shape index (κ3) is 3.73. The summed E-state index contributed by atoms with van der Waals surface area (Å²) in [5.41, 5.74) is 4.50. The minimum absolute atomic E-state index is 0.0588. The molecule has 0 saturated carbocycles. The second-order valence-electron chi connectivity index (χ2n) is 6.65. The molecule has 29 heavy (non-hydrogen) atoms. The van der Waals surface area contributed by atoms with Crippen LogP contribution < -0.4 is 5.32 Å². The molecule has 0 aliphatic carbocycles. The Labute approximate surface area is 166 Å². The number of carbonyl (C=O) groups is 1. The maximum atomic E-state index is 14.4. The average molecular weight is 387 g/mol. The summed E-state index contributed by atoms with van der Waals surface area (Å²) in [7, 11) is 0. The number of aromatic nitrogens is 2. The molecule has 4 rings (SSSR count). The molecule has 3 aromatic carbocycles. The van der Waals surface area contributed by atoms with Crippen LogP contribution in [0.25, 0.3) is 33.4 Å². The Morgan fingerprint density at radius 1 is 0.966 bits per heavy atom. The molecule has 0 aliphatic heterocycles. The van der Waals surface area contributed by atoms with Gasteiger partial charge in [-0.1, -0.05) is 42.5 Å². The Hall–Kier alpha value is -3.93. The number of rotatable bonds is 4. The Balaban J connectivity index is 1.75. The molecule has 144 valence electrons. The van der Waals surface area contributed by atoms with Crippen molar-refractivity contribution in [3.05, 3.63) is 78.9 Å². The Kier molecular flexibility index (Phi) is 4.83. The second-order valence-corrected chi connectivity index (χ2v) is 6.65. The highest BCUT2D eigenvalue weighted by atomic mass is 19.1. The molecule has 0 bridgehead atoms. The molecule has 0 radical (unpaired) electrons. The summed E-state index contributed by atoms with van der Waals surface area (Å²) in [5.74, 6) is -0.855. The van der Waals surface area contributed by atoms with Gasteiger partial charge in [-0.2, -0.15) is 5.10 Å². The van der Waals surface area contributed by atoms with E-state index in [9.17, 15) is 14.3 Å². The SMILES string of the molecule is CC(=O)Nc1ccc(-c2cccc(-c3cccc(-c4cn[nH]c4)c3)c2O)cc1F. The minimum Gasteiger partial charge on any atom is -0.507 e. The highest BCUT2D eigenvalue weighted by Gasteiger charge is 2.14. The smallest absolute Gasteiger partial charge is 0.221 e. The first kappa shape index (κ1) is 18.4. The van der Waals surface area contributed by atoms with Crippen molar-refractivity contribution >= 4 is 11.6 Å². The zero-order valence-corrected chi connectivity index (χ0v) is 15.6. The topological polar surface area (TPSA) is 78.0 Å². The number of nitrogens with one attached hydrogen (secondary N) is 2. The number of aromatic amines is 1. The minimum atomic E-state index is -0.565. The molecule has 1 amide bonds. The number of phenolic OH excluding ortho intramolecular Hbond substituents is 1. The van der Waals surface area contributed by atoms with Gasteiger partial charge in [-0.3, -0.25) is 9.89 Å². The lowest BCUT2D eigenvalue weighted by Gasteiger charge is -2.12. The number of H-pyrrole nitrogens is 1. The van der Waals surface area contributed by atoms with E-state index >= 15 is 0 Å². The van der Waals surface area contributed by atoms with E-state index in [1.54, 1.807) is 24.5 Å². The van der Waals surface area contributed by atoms with Gasteiger partial charge in [0.05, 0.1) is 11.9 Å². The van der Waals surface area contributed by atoms with Gasteiger partial charge in [-0.05, 0) is 34.9 Å². The molecule has 4 aromatic rings. The van der Waals surface area contributed by atoms with Crippen molar-refractivity contribution in [3.8, 4) is 39.1 Å². The number of amides is 1. The number of nitrogens with zero attached hydrogens (tertiary/aromatic N) is 1. The van der Waals surface area contributed by atoms with Crippen LogP contribution in [0.5, 0.6) is 5.75 Å². The predicted molar refractivity (Wildman–Crippen MR) is 111 cm³/mol. The van der Waals surface area contributed by atoms with Gasteiger partial charge in [0.25, 0.3) is 0 Å². The number of benzene rings is 3. The number of aromatic hydroxyl groups is 1. The predicted octanol–water partition coefficient (Wildman–Crippen LogP) is 5.21. The van der Waals surface area contributed by atoms with Crippen molar-refractivity contribution in [2.24, 2.45) is 0 Å². The van der Waals surface area contributed by atoms with Crippen LogP contribution in [0.3, 0.4) is 0 Å². The van der Waals surface area contributed by atoms with E-state index in [4.69, 9.17) is 0 Å². The number of hydrogen-bond donors (Lipinski definition) is 3. The summed E-state index contributed by atoms with van der Waals surface area (Å²) in [6.07, 6.45) is 3.53. The van der Waals surface area contributed by atoms with Gasteiger partial charge in [0.15, 0.2) is 0 Å². The Bertz CT molecular complexity index is 1190. The van der Waals surface area contributed by atoms with Crippen LogP contribution in [0, 0.1) is 5.82 Å². The third-order valence-electron chi connectivity index (χ3n) is 4.63. The van der Waals surface area contributed by atoms with Crippen LogP contribution in [-0.2, 0) is 4.79 Å². The summed E-state index contributed by atoms with van der Waals surface area (Å²) in [6, 6.07) is 17.5. The monoisotopic (exact) mass is 387 g/mol. The van der Waals surface area contributed by atoms with Gasteiger partial charge >= 0.3 is 0 Å². The third-order valence-corrected chi connectivity index (χ3v) is 4.63. The maximum Gasteiger partial charge on any atom is 0.221 e. The van der Waals surface area contributed by atoms with Crippen molar-refractivity contribution in [3.63, 3.8) is 0 Å². The molecule has 0 atom stereocenters. The lowest BCUT2D eigenvalue weighted by Crippen LogP contribution is -2.07. The van der Waals surface area contributed by atoms with Crippen molar-refractivity contribution < 1.29 is 14.3 Å². The number of carbonyl (C=O) groups excluding carboxylic acids is 1. The second kappa shape index (κ2) is 7.59. The first-order valence-electron chi connectivity index (χ1n) is 9.02. The molecule has 6 heteroatoms. The summed E-state index contributed by atoms with van der Waals surface area (Å²) in [6.45, 7) is 1.32. The normalized spacial score (nSPS) is 10.7. The molecule has 0 unspecified atom stereocenters. The van der Waals surface area contributed by atoms with E-state index in [0.717, 1.165) is 16.7 Å². The van der Waals surface area contributed by atoms with E-state index in [-0.39, 0.29) is 17.3 Å². The average Bonchev–Trinajstić information content (AvgIpc) is 3.24. The van der Waals surface area contributed by atoms with Crippen molar-refractivity contribution in [1.29, 1.82) is 0 Å². The zero-order chi connectivity index (χ0) is 20.4. The summed E-state index contributed by atoms with van der Waals surface area (Å²) in [5, 5.41) is 20.1. The fraction of sp³-hybridized carbons (Fsp3) is 0.0435. The number of anilines is 1. The molecule has 3 N–H and O–H groups in total. The Morgan fingerprint density at radius 3 is 2.31 bits per heavy atom. The molecular weight excluding hydrogens is 369 g/mol. The summed E-state index contributed by atoms with van der Waals surface area (Å²) in [4.78, 5) is 11.2. The van der Waals surface area contributed by atoms with Gasteiger partial charge in [-0.15, -0.1) is 0 Å². The van der Waals surface area contributed by atoms with E-state index < -0.39 is 5.82 Å². The zero-order valence-electron chi connectivity index (χ0n) is 15.6. The molecule has 1 aromatic heterocycles. The quantitative estimate of drug-likeness (QED) is 0.450. The van der Waals surface area contributed by atoms with Gasteiger partial charge in [0, 0.05) is 29.8 Å². The summed E-state index contributed by atoms with van der Waals surface area (Å²) >= 11 is 0. The van der Waals surface area contributed by atoms with Gasteiger partial charge in [0.2, 0.25) is 5.91 Å². The lowest BCUT2D eigenvalue weighted by atomic mass is 9.95. The van der Waals surface area contributed by atoms with Crippen molar-refractivity contribution in [2.75, 3.05) is 5.32 Å². The molecule has 0 spiro atoms. The van der Waals surface area contributed by atoms with E-state index in [1.807, 2.05) is 36.4 Å². The van der Waals surface area contributed by atoms with E-state index in [1.165, 1.54) is 19.1 Å². The van der Waals surface area contributed by atoms with Gasteiger partial charge in [-0.25, -0.2) is 4.39 Å². The molecule has 0 fully saturated rings. The number of halogens is 1. The van der Waals surface area contributed by atoms with Crippen LogP contribution in [0.15, 0.2) is 73.1 Å². The Morgan fingerprint density at radius 2 is 1.66 bits per heavy atom. The first-order chi connectivity index (χ1) is 14.0. The fourth-order valence-corrected chi connectivity index (χ4v) is 3.26. The number of para-hydroxylation sites is 1. The van der Waals surface area contributed by atoms with Crippen molar-refractivity contribution in [1.82, 2.24) is 10.2 Å². The molecule has 0 saturated heterocycles. The molecular formula is C23H18FN3O2. The number of hydrogen-bond acceptors (Lipinski definition) is 3. The van der Waals surface area contributed by atoms with Crippen LogP contribution in [0.4, 0.5) is 10.1 Å². The molecule has 0 aliphatic rings. The van der Waals surface area contributed by atoms with Crippen LogP contribution in [0.2, 0.25) is 0 Å². The first-order valence-corrected chi connectivity index (χ1v) is 9.02.